The molecule has 2 aromatic carbocycles. The highest BCUT2D eigenvalue weighted by molar-refractivity contribution is 6.30. The Morgan fingerprint density at radius 1 is 0.933 bits per heavy atom. The second-order valence-electron chi connectivity index (χ2n) is 12.8. The van der Waals surface area contributed by atoms with Gasteiger partial charge in [-0.3, -0.25) is 24.6 Å². The number of carbonyl (C=O) groups is 3. The first-order valence-electron chi connectivity index (χ1n) is 15.8. The van der Waals surface area contributed by atoms with Crippen molar-refractivity contribution in [1.29, 1.82) is 0 Å². The van der Waals surface area contributed by atoms with Crippen LogP contribution in [0.3, 0.4) is 0 Å². The predicted molar refractivity (Wildman–Crippen MR) is 169 cm³/mol. The smallest absolute Gasteiger partial charge is 0.255 e. The van der Waals surface area contributed by atoms with Crippen molar-refractivity contribution in [3.8, 4) is 0 Å². The lowest BCUT2D eigenvalue weighted by Gasteiger charge is -2.39. The fourth-order valence-corrected chi connectivity index (χ4v) is 7.33. The van der Waals surface area contributed by atoms with E-state index in [-0.39, 0.29) is 18.2 Å². The van der Waals surface area contributed by atoms with Gasteiger partial charge in [-0.1, -0.05) is 35.9 Å². The van der Waals surface area contributed by atoms with Crippen molar-refractivity contribution < 1.29 is 19.5 Å². The molecule has 7 rings (SSSR count). The lowest BCUT2D eigenvalue weighted by Crippen LogP contribution is -2.52. The number of halogens is 1. The van der Waals surface area contributed by atoms with Gasteiger partial charge in [-0.2, -0.15) is 0 Å². The van der Waals surface area contributed by atoms with Gasteiger partial charge in [0.2, 0.25) is 11.8 Å². The van der Waals surface area contributed by atoms with Crippen molar-refractivity contribution in [3.05, 3.63) is 88.0 Å². The third-order valence-electron chi connectivity index (χ3n) is 9.95. The van der Waals surface area contributed by atoms with E-state index >= 15 is 0 Å². The van der Waals surface area contributed by atoms with Gasteiger partial charge >= 0.3 is 0 Å². The number of rotatable bonds is 6. The molecule has 0 spiro atoms. The van der Waals surface area contributed by atoms with Gasteiger partial charge in [0.25, 0.3) is 5.91 Å². The molecule has 11 heteroatoms. The van der Waals surface area contributed by atoms with Crippen LogP contribution in [0, 0.1) is 0 Å². The van der Waals surface area contributed by atoms with Crippen molar-refractivity contribution in [1.82, 2.24) is 25.1 Å². The molecule has 3 amide bonds. The highest BCUT2D eigenvalue weighted by Crippen LogP contribution is 2.37. The molecule has 5 heterocycles. The Morgan fingerprint density at radius 2 is 1.64 bits per heavy atom. The Hall–Kier alpha value is -3.86. The minimum absolute atomic E-state index is 0.198. The number of aromatic nitrogens is 2. The highest BCUT2D eigenvalue weighted by Gasteiger charge is 2.41. The number of aliphatic hydroxyl groups is 1. The summed E-state index contributed by atoms with van der Waals surface area (Å²) in [5, 5.41) is 14.6. The van der Waals surface area contributed by atoms with Gasteiger partial charge in [-0.05, 0) is 67.0 Å². The Kier molecular flexibility index (Phi) is 8.05. The van der Waals surface area contributed by atoms with Gasteiger partial charge in [-0.25, -0.2) is 9.97 Å². The zero-order valence-corrected chi connectivity index (χ0v) is 25.9. The lowest BCUT2D eigenvalue weighted by molar-refractivity contribution is -0.136. The number of piperidine rings is 3. The number of imide groups is 1. The molecule has 0 saturated carbocycles. The van der Waals surface area contributed by atoms with E-state index in [0.29, 0.717) is 42.3 Å². The van der Waals surface area contributed by atoms with E-state index in [9.17, 15) is 19.5 Å². The van der Waals surface area contributed by atoms with E-state index in [1.54, 1.807) is 23.4 Å². The quantitative estimate of drug-likeness (QED) is 0.396. The van der Waals surface area contributed by atoms with E-state index in [1.165, 1.54) is 11.3 Å². The van der Waals surface area contributed by atoms with Crippen LogP contribution in [-0.4, -0.2) is 74.8 Å². The van der Waals surface area contributed by atoms with Crippen LogP contribution in [0.5, 0.6) is 0 Å². The second kappa shape index (κ2) is 12.2. The summed E-state index contributed by atoms with van der Waals surface area (Å²) in [5.74, 6) is 0.328. The molecule has 3 saturated heterocycles. The minimum Gasteiger partial charge on any atom is -0.385 e. The van der Waals surface area contributed by atoms with Crippen molar-refractivity contribution in [2.75, 3.05) is 31.1 Å². The number of hydrogen-bond acceptors (Lipinski definition) is 8. The number of likely N-dealkylation sites (tertiary alicyclic amines) is 1. The molecular weight excluding hydrogens is 592 g/mol. The Balaban J connectivity index is 0.921. The van der Waals surface area contributed by atoms with Crippen molar-refractivity contribution >= 4 is 35.0 Å². The number of nitrogens with zero attached hydrogens (tertiary/aromatic N) is 5. The number of anilines is 1. The van der Waals surface area contributed by atoms with Gasteiger partial charge in [0.1, 0.15) is 11.9 Å². The molecule has 0 aliphatic carbocycles. The molecular formula is C34H37ClN6O4. The summed E-state index contributed by atoms with van der Waals surface area (Å²) in [5.41, 5.74) is 3.71. The third kappa shape index (κ3) is 6.06. The number of fused-ring (bicyclic) bond motifs is 1. The van der Waals surface area contributed by atoms with Crippen LogP contribution < -0.4 is 10.2 Å². The first-order chi connectivity index (χ1) is 21.8. The van der Waals surface area contributed by atoms with Gasteiger partial charge in [-0.15, -0.1) is 0 Å². The number of amides is 3. The molecule has 45 heavy (non-hydrogen) atoms. The molecule has 4 aliphatic rings. The molecule has 3 aromatic rings. The lowest BCUT2D eigenvalue weighted by atomic mass is 9.83. The number of benzene rings is 2. The second-order valence-corrected chi connectivity index (χ2v) is 13.2. The molecule has 1 aromatic heterocycles. The summed E-state index contributed by atoms with van der Waals surface area (Å²) in [4.78, 5) is 52.2. The minimum atomic E-state index is -0.969. The SMILES string of the molecule is O=C1CCC(N2Cc3cc(C4(O)CCN(Cc5ccc(N6CCC(c7ncc(Cl)cn7)CC6)cc5)CC4)ccc3C2=O)C(=O)N1. The molecule has 0 radical (unpaired) electrons. The standard InChI is InChI=1S/C34H37ClN6O4/c35-26-18-36-31(37-19-26)23-9-13-40(14-10-23)27-4-1-22(2-5-27)20-39-15-11-34(45,12-16-39)25-3-6-28-24(17-25)21-41(33(28)44)29-7-8-30(42)38-32(29)43/h1-6,17-19,23,29,45H,7-16,20-21H2,(H,38,42,43). The summed E-state index contributed by atoms with van der Waals surface area (Å²) in [6, 6.07) is 13.7. The summed E-state index contributed by atoms with van der Waals surface area (Å²) >= 11 is 5.94. The van der Waals surface area contributed by atoms with Crippen LogP contribution >= 0.6 is 11.6 Å². The summed E-state index contributed by atoms with van der Waals surface area (Å²) in [6.45, 7) is 4.58. The predicted octanol–water partition coefficient (Wildman–Crippen LogP) is 3.76. The van der Waals surface area contributed by atoms with Crippen LogP contribution in [0.1, 0.15) is 77.3 Å². The normalized spacial score (nSPS) is 22.4. The fraction of sp³-hybridized carbons (Fsp3) is 0.441. The van der Waals surface area contributed by atoms with Gasteiger partial charge in [0, 0.05) is 75.3 Å². The zero-order valence-electron chi connectivity index (χ0n) is 25.1. The number of carbonyl (C=O) groups excluding carboxylic acids is 3. The van der Waals surface area contributed by atoms with E-state index in [2.05, 4.69) is 49.4 Å². The van der Waals surface area contributed by atoms with Crippen LogP contribution in [0.25, 0.3) is 0 Å². The van der Waals surface area contributed by atoms with Crippen LogP contribution in [0.15, 0.2) is 54.9 Å². The molecule has 234 valence electrons. The summed E-state index contributed by atoms with van der Waals surface area (Å²) in [6.07, 6.45) is 7.13. The molecule has 1 unspecified atom stereocenters. The van der Waals surface area contributed by atoms with Crippen LogP contribution in [0.4, 0.5) is 5.69 Å². The van der Waals surface area contributed by atoms with E-state index in [1.807, 2.05) is 12.1 Å². The largest absolute Gasteiger partial charge is 0.385 e. The molecule has 10 nitrogen and oxygen atoms in total. The van der Waals surface area contributed by atoms with Gasteiger partial charge in [0.05, 0.1) is 10.6 Å². The average molecular weight is 629 g/mol. The maximum atomic E-state index is 13.1. The monoisotopic (exact) mass is 628 g/mol. The van der Waals surface area contributed by atoms with Gasteiger partial charge < -0.3 is 14.9 Å². The summed E-state index contributed by atoms with van der Waals surface area (Å²) in [7, 11) is 0. The maximum absolute atomic E-state index is 13.1. The average Bonchev–Trinajstić information content (AvgIpc) is 3.38. The van der Waals surface area contributed by atoms with Crippen LogP contribution in [-0.2, 0) is 28.3 Å². The number of nitrogens with one attached hydrogen (secondary N) is 1. The van der Waals surface area contributed by atoms with E-state index in [0.717, 1.165) is 62.5 Å². The third-order valence-corrected chi connectivity index (χ3v) is 10.1. The zero-order chi connectivity index (χ0) is 31.1. The number of hydrogen-bond donors (Lipinski definition) is 2. The van der Waals surface area contributed by atoms with Crippen molar-refractivity contribution in [2.24, 2.45) is 0 Å². The van der Waals surface area contributed by atoms with Gasteiger partial charge in [0.15, 0.2) is 0 Å². The molecule has 0 bridgehead atoms. The Labute approximate surface area is 267 Å². The van der Waals surface area contributed by atoms with Crippen LogP contribution in [0.2, 0.25) is 5.02 Å². The molecule has 1 atom stereocenters. The summed E-state index contributed by atoms with van der Waals surface area (Å²) < 4.78 is 0. The van der Waals surface area contributed by atoms with E-state index in [4.69, 9.17) is 11.6 Å². The van der Waals surface area contributed by atoms with Crippen molar-refractivity contribution in [2.45, 2.75) is 69.2 Å². The first kappa shape index (κ1) is 29.8. The molecule has 3 fully saturated rings. The first-order valence-corrected chi connectivity index (χ1v) is 16.2. The molecule has 2 N–H and O–H groups in total. The maximum Gasteiger partial charge on any atom is 0.255 e. The Bertz CT molecular complexity index is 1600. The molecule has 4 aliphatic heterocycles. The Morgan fingerprint density at radius 3 is 2.33 bits per heavy atom. The topological polar surface area (TPSA) is 119 Å². The highest BCUT2D eigenvalue weighted by atomic mass is 35.5. The fourth-order valence-electron chi connectivity index (χ4n) is 7.23. The van der Waals surface area contributed by atoms with Crippen molar-refractivity contribution in [3.63, 3.8) is 0 Å². The van der Waals surface area contributed by atoms with E-state index < -0.39 is 17.6 Å².